The molecule has 7 atom stereocenters. The second-order valence-corrected chi connectivity index (χ2v) is 17.9. The standard InChI is InChI=1S/C47H64N10O8/c1-6-16-34(39(59)44(63)50-26-37(58)51-29(2)30-17-10-7-11-18-30)53-41(60)33-27-57(46(65)52-32-21-14-9-15-22-32)28-36(33)54-45(64)40(47(3,4)5)56-43(62)38(31-19-12-8-13-20-31)55-42(61)35-25-48-23-24-49-35/h7,9-11,14-15,17-18,21-25,29,31,33-34,36,38-40,59H,6,8,12-13,16,19-20,26-28H2,1-5H3,(H,50,63)(H,51,58)(H,52,65)(H,53,60)(H,54,64)(H,55,61)(H,56,62)/t29-,33-,34+,36+,38+,39?,40-/m1/s1. The molecule has 1 aliphatic heterocycles. The van der Waals surface area contributed by atoms with E-state index in [-0.39, 0.29) is 37.2 Å². The number of benzene rings is 2. The fourth-order valence-corrected chi connectivity index (χ4v) is 8.26. The zero-order valence-electron chi connectivity index (χ0n) is 37.8. The molecular weight excluding hydrogens is 833 g/mol. The van der Waals surface area contributed by atoms with Crippen LogP contribution in [-0.2, 0) is 24.0 Å². The molecule has 18 nitrogen and oxygen atoms in total. The molecule has 5 rings (SSSR count). The van der Waals surface area contributed by atoms with Gasteiger partial charge in [0, 0.05) is 31.2 Å². The van der Waals surface area contributed by atoms with Crippen molar-refractivity contribution >= 4 is 47.2 Å². The summed E-state index contributed by atoms with van der Waals surface area (Å²) in [6, 6.07) is 13.0. The number of aromatic nitrogens is 2. The number of urea groups is 1. The normalized spacial score (nSPS) is 18.7. The number of aliphatic hydroxyl groups is 1. The van der Waals surface area contributed by atoms with Crippen molar-refractivity contribution in [3.63, 3.8) is 0 Å². The molecule has 2 aliphatic rings. The van der Waals surface area contributed by atoms with E-state index in [0.29, 0.717) is 24.9 Å². The maximum absolute atomic E-state index is 14.4. The van der Waals surface area contributed by atoms with Crippen molar-refractivity contribution in [2.24, 2.45) is 17.3 Å². The number of carbonyl (C=O) groups excluding carboxylic acids is 7. The number of hydrogen-bond acceptors (Lipinski definition) is 10. The summed E-state index contributed by atoms with van der Waals surface area (Å²) in [6.07, 6.45) is 7.21. The molecule has 1 saturated heterocycles. The summed E-state index contributed by atoms with van der Waals surface area (Å²) in [4.78, 5) is 105. The number of likely N-dealkylation sites (tertiary alicyclic amines) is 1. The van der Waals surface area contributed by atoms with Gasteiger partial charge in [0.05, 0.1) is 36.8 Å². The maximum atomic E-state index is 14.4. The van der Waals surface area contributed by atoms with E-state index in [4.69, 9.17) is 0 Å². The highest BCUT2D eigenvalue weighted by atomic mass is 16.3. The predicted octanol–water partition coefficient (Wildman–Crippen LogP) is 2.97. The molecule has 350 valence electrons. The molecule has 0 bridgehead atoms. The van der Waals surface area contributed by atoms with Gasteiger partial charge in [-0.25, -0.2) is 9.78 Å². The predicted molar refractivity (Wildman–Crippen MR) is 243 cm³/mol. The Bertz CT molecular complexity index is 2080. The van der Waals surface area contributed by atoms with E-state index in [2.05, 4.69) is 47.2 Å². The van der Waals surface area contributed by atoms with Crippen LogP contribution in [0.1, 0.15) is 102 Å². The Morgan fingerprint density at radius 1 is 0.815 bits per heavy atom. The minimum absolute atomic E-state index is 0.0450. The first-order chi connectivity index (χ1) is 31.0. The van der Waals surface area contributed by atoms with E-state index in [1.165, 1.54) is 23.5 Å². The summed E-state index contributed by atoms with van der Waals surface area (Å²) >= 11 is 0. The van der Waals surface area contributed by atoms with Crippen molar-refractivity contribution in [1.29, 1.82) is 0 Å². The topological polar surface area (TPSA) is 253 Å². The van der Waals surface area contributed by atoms with Crippen LogP contribution in [0, 0.1) is 17.3 Å². The smallest absolute Gasteiger partial charge is 0.321 e. The number of anilines is 1. The molecule has 2 aromatic carbocycles. The number of para-hydroxylation sites is 1. The van der Waals surface area contributed by atoms with Gasteiger partial charge in [0.25, 0.3) is 11.8 Å². The van der Waals surface area contributed by atoms with Crippen molar-refractivity contribution < 1.29 is 38.7 Å². The van der Waals surface area contributed by atoms with Crippen LogP contribution in [0.15, 0.2) is 79.3 Å². The number of rotatable bonds is 18. The summed E-state index contributed by atoms with van der Waals surface area (Å²) in [6.45, 7) is 8.31. The van der Waals surface area contributed by atoms with Crippen molar-refractivity contribution in [3.8, 4) is 0 Å². The Kier molecular flexibility index (Phi) is 17.9. The van der Waals surface area contributed by atoms with Crippen molar-refractivity contribution in [1.82, 2.24) is 46.8 Å². The van der Waals surface area contributed by atoms with E-state index in [1.54, 1.807) is 58.0 Å². The average Bonchev–Trinajstić information content (AvgIpc) is 3.73. The van der Waals surface area contributed by atoms with E-state index in [9.17, 15) is 38.7 Å². The fourth-order valence-electron chi connectivity index (χ4n) is 8.26. The molecule has 2 heterocycles. The lowest BCUT2D eigenvalue weighted by atomic mass is 9.82. The van der Waals surface area contributed by atoms with Crippen LogP contribution in [-0.4, -0.2) is 111 Å². The van der Waals surface area contributed by atoms with Gasteiger partial charge in [-0.2, -0.15) is 0 Å². The molecule has 3 aromatic rings. The van der Waals surface area contributed by atoms with Gasteiger partial charge in [-0.1, -0.05) is 102 Å². The number of hydrogen-bond donors (Lipinski definition) is 8. The van der Waals surface area contributed by atoms with Crippen LogP contribution < -0.4 is 37.2 Å². The van der Waals surface area contributed by atoms with Crippen molar-refractivity contribution in [2.45, 2.75) is 116 Å². The molecule has 0 radical (unpaired) electrons. The number of amides is 8. The number of carbonyl (C=O) groups is 7. The summed E-state index contributed by atoms with van der Waals surface area (Å²) in [7, 11) is 0. The number of nitrogens with zero attached hydrogens (tertiary/aromatic N) is 3. The third-order valence-electron chi connectivity index (χ3n) is 11.9. The SMILES string of the molecule is CCC[C@H](NC(=O)[C@@H]1CN(C(=O)Nc2ccccc2)C[C@@H]1NC(=O)[C@@H](NC(=O)[C@@H](NC(=O)c1cnccn1)C1CCCCC1)C(C)(C)C)C(O)C(=O)NCC(=O)N[C@H](C)c1ccccc1. The van der Waals surface area contributed by atoms with Gasteiger partial charge in [0.1, 0.15) is 17.8 Å². The monoisotopic (exact) mass is 896 g/mol. The van der Waals surface area contributed by atoms with Crippen molar-refractivity contribution in [3.05, 3.63) is 90.5 Å². The van der Waals surface area contributed by atoms with E-state index in [0.717, 1.165) is 24.8 Å². The first-order valence-corrected chi connectivity index (χ1v) is 22.4. The molecule has 18 heteroatoms. The van der Waals surface area contributed by atoms with Crippen LogP contribution in [0.2, 0.25) is 0 Å². The van der Waals surface area contributed by atoms with Gasteiger partial charge in [-0.05, 0) is 55.2 Å². The second kappa shape index (κ2) is 23.5. The lowest BCUT2D eigenvalue weighted by Gasteiger charge is -2.35. The minimum Gasteiger partial charge on any atom is -0.381 e. The highest BCUT2D eigenvalue weighted by molar-refractivity contribution is 5.98. The fraction of sp³-hybridized carbons (Fsp3) is 0.511. The molecule has 8 N–H and O–H groups in total. The molecule has 1 unspecified atom stereocenters. The second-order valence-electron chi connectivity index (χ2n) is 17.9. The Balaban J connectivity index is 1.31. The molecule has 1 aliphatic carbocycles. The number of aliphatic hydroxyl groups excluding tert-OH is 1. The third-order valence-corrected chi connectivity index (χ3v) is 11.9. The van der Waals surface area contributed by atoms with Gasteiger partial charge >= 0.3 is 6.03 Å². The third kappa shape index (κ3) is 14.3. The van der Waals surface area contributed by atoms with Gasteiger partial charge in [0.15, 0.2) is 6.10 Å². The Morgan fingerprint density at radius 2 is 1.49 bits per heavy atom. The summed E-state index contributed by atoms with van der Waals surface area (Å²) in [5.74, 6) is -4.97. The highest BCUT2D eigenvalue weighted by Gasteiger charge is 2.45. The lowest BCUT2D eigenvalue weighted by molar-refractivity contribution is -0.135. The Labute approximate surface area is 380 Å². The molecule has 2 fully saturated rings. The van der Waals surface area contributed by atoms with Gasteiger partial charge in [-0.15, -0.1) is 0 Å². The van der Waals surface area contributed by atoms with E-state index in [1.807, 2.05) is 37.3 Å². The van der Waals surface area contributed by atoms with E-state index < -0.39 is 89.6 Å². The Morgan fingerprint density at radius 3 is 2.12 bits per heavy atom. The summed E-state index contributed by atoms with van der Waals surface area (Å²) in [5.41, 5.74) is 0.564. The molecule has 0 spiro atoms. The van der Waals surface area contributed by atoms with E-state index >= 15 is 0 Å². The van der Waals surface area contributed by atoms with Crippen LogP contribution in [0.25, 0.3) is 0 Å². The molecule has 1 saturated carbocycles. The van der Waals surface area contributed by atoms with Gasteiger partial charge < -0.3 is 47.2 Å². The first-order valence-electron chi connectivity index (χ1n) is 22.4. The zero-order valence-corrected chi connectivity index (χ0v) is 37.8. The zero-order chi connectivity index (χ0) is 47.1. The van der Waals surface area contributed by atoms with Crippen molar-refractivity contribution in [2.75, 3.05) is 25.0 Å². The molecule has 1 aromatic heterocycles. The van der Waals surface area contributed by atoms with Crippen LogP contribution in [0.4, 0.5) is 10.5 Å². The average molecular weight is 897 g/mol. The lowest BCUT2D eigenvalue weighted by Crippen LogP contribution is -2.61. The van der Waals surface area contributed by atoms with Gasteiger partial charge in [-0.3, -0.25) is 33.8 Å². The van der Waals surface area contributed by atoms with Crippen LogP contribution in [0.3, 0.4) is 0 Å². The summed E-state index contributed by atoms with van der Waals surface area (Å²) < 4.78 is 0. The van der Waals surface area contributed by atoms with Gasteiger partial charge in [0.2, 0.25) is 23.6 Å². The summed E-state index contributed by atoms with van der Waals surface area (Å²) in [5, 5.41) is 30.8. The molecule has 65 heavy (non-hydrogen) atoms. The maximum Gasteiger partial charge on any atom is 0.321 e. The largest absolute Gasteiger partial charge is 0.381 e. The minimum atomic E-state index is -1.74. The molecular formula is C47H64N10O8. The van der Waals surface area contributed by atoms with Crippen LogP contribution >= 0.6 is 0 Å². The highest BCUT2D eigenvalue weighted by Crippen LogP contribution is 2.28. The number of nitrogens with one attached hydrogen (secondary N) is 7. The quantitative estimate of drug-likeness (QED) is 0.0927. The molecule has 8 amide bonds. The Hall–Kier alpha value is -6.43. The van der Waals surface area contributed by atoms with Crippen LogP contribution in [0.5, 0.6) is 0 Å². The first kappa shape index (κ1) is 49.6.